The third-order valence-corrected chi connectivity index (χ3v) is 2.70. The van der Waals surface area contributed by atoms with E-state index in [1.807, 2.05) is 30.3 Å². The molecule has 19 heavy (non-hydrogen) atoms. The molecule has 0 atom stereocenters. The van der Waals surface area contributed by atoms with Gasteiger partial charge in [0.1, 0.15) is 11.0 Å². The van der Waals surface area contributed by atoms with Crippen LogP contribution in [0.15, 0.2) is 42.5 Å². The number of hydrogen-bond acceptors (Lipinski definition) is 4. The Balaban J connectivity index is 0.00000133. The number of hydrogen-bond donors (Lipinski definition) is 1. The summed E-state index contributed by atoms with van der Waals surface area (Å²) in [5, 5.41) is 21.3. The SMILES string of the molecule is O=[N+]([O-])c1cc(-c2ccccc2)c2n[nH]nc2c1.[Ag]. The van der Waals surface area contributed by atoms with Crippen LogP contribution < -0.4 is 0 Å². The maximum Gasteiger partial charge on any atom is 0.272 e. The summed E-state index contributed by atoms with van der Waals surface area (Å²) in [6, 6.07) is 12.3. The molecule has 7 heteroatoms. The first-order chi connectivity index (χ1) is 8.75. The molecule has 6 nitrogen and oxygen atoms in total. The fourth-order valence-corrected chi connectivity index (χ4v) is 1.88. The van der Waals surface area contributed by atoms with Gasteiger partial charge in [-0.05, 0) is 5.56 Å². The van der Waals surface area contributed by atoms with Gasteiger partial charge in [-0.3, -0.25) is 10.1 Å². The van der Waals surface area contributed by atoms with Gasteiger partial charge in [-0.25, -0.2) is 0 Å². The summed E-state index contributed by atoms with van der Waals surface area (Å²) in [6.45, 7) is 0. The summed E-state index contributed by atoms with van der Waals surface area (Å²) in [4.78, 5) is 10.5. The van der Waals surface area contributed by atoms with Gasteiger partial charge in [0.25, 0.3) is 5.69 Å². The maximum atomic E-state index is 10.9. The molecule has 2 aromatic carbocycles. The fraction of sp³-hybridized carbons (Fsp3) is 0. The van der Waals surface area contributed by atoms with E-state index >= 15 is 0 Å². The minimum Gasteiger partial charge on any atom is -0.258 e. The number of aromatic amines is 1. The summed E-state index contributed by atoms with van der Waals surface area (Å²) in [7, 11) is 0. The molecule has 1 aromatic heterocycles. The van der Waals surface area contributed by atoms with Crippen LogP contribution in [0.2, 0.25) is 0 Å². The predicted octanol–water partition coefficient (Wildman–Crippen LogP) is 2.53. The zero-order valence-corrected chi connectivity index (χ0v) is 11.0. The number of non-ortho nitro benzene ring substituents is 1. The molecular formula is C12H8AgN4O2. The van der Waals surface area contributed by atoms with Crippen LogP contribution in [0.1, 0.15) is 0 Å². The van der Waals surface area contributed by atoms with Crippen molar-refractivity contribution in [1.29, 1.82) is 0 Å². The van der Waals surface area contributed by atoms with Crippen LogP contribution in [-0.4, -0.2) is 20.3 Å². The number of nitro benzene ring substituents is 1. The second-order valence-corrected chi connectivity index (χ2v) is 3.81. The van der Waals surface area contributed by atoms with Gasteiger partial charge in [0.05, 0.1) is 4.92 Å². The largest absolute Gasteiger partial charge is 0.272 e. The van der Waals surface area contributed by atoms with Gasteiger partial charge in [-0.1, -0.05) is 30.3 Å². The molecule has 0 amide bonds. The molecule has 0 fully saturated rings. The second-order valence-electron chi connectivity index (χ2n) is 3.81. The van der Waals surface area contributed by atoms with Crippen molar-refractivity contribution in [2.45, 2.75) is 0 Å². The van der Waals surface area contributed by atoms with E-state index in [0.717, 1.165) is 5.56 Å². The first kappa shape index (κ1) is 13.4. The van der Waals surface area contributed by atoms with Crippen LogP contribution in [0, 0.1) is 10.1 Å². The molecule has 1 radical (unpaired) electrons. The Labute approximate surface area is 123 Å². The number of aromatic nitrogens is 3. The normalized spacial score (nSPS) is 10.1. The van der Waals surface area contributed by atoms with Crippen LogP contribution in [0.25, 0.3) is 22.2 Å². The van der Waals surface area contributed by atoms with Crippen LogP contribution in [0.4, 0.5) is 5.69 Å². The molecule has 0 saturated heterocycles. The van der Waals surface area contributed by atoms with E-state index in [0.29, 0.717) is 16.6 Å². The fourth-order valence-electron chi connectivity index (χ4n) is 1.88. The van der Waals surface area contributed by atoms with Gasteiger partial charge >= 0.3 is 0 Å². The van der Waals surface area contributed by atoms with Gasteiger partial charge in [0.2, 0.25) is 0 Å². The Kier molecular flexibility index (Phi) is 3.75. The first-order valence-corrected chi connectivity index (χ1v) is 5.30. The van der Waals surface area contributed by atoms with Crippen LogP contribution in [0.3, 0.4) is 0 Å². The molecule has 0 bridgehead atoms. The van der Waals surface area contributed by atoms with Gasteiger partial charge in [0.15, 0.2) is 0 Å². The zero-order chi connectivity index (χ0) is 12.5. The third kappa shape index (κ3) is 2.41. The number of fused-ring (bicyclic) bond motifs is 1. The molecule has 0 unspecified atom stereocenters. The predicted molar refractivity (Wildman–Crippen MR) is 66.0 cm³/mol. The van der Waals surface area contributed by atoms with Gasteiger partial charge in [0, 0.05) is 40.1 Å². The van der Waals surface area contributed by atoms with Crippen LogP contribution in [-0.2, 0) is 22.4 Å². The van der Waals surface area contributed by atoms with Crippen LogP contribution >= 0.6 is 0 Å². The van der Waals surface area contributed by atoms with Crippen molar-refractivity contribution in [3.63, 3.8) is 0 Å². The van der Waals surface area contributed by atoms with E-state index in [1.165, 1.54) is 12.1 Å². The average molecular weight is 348 g/mol. The minimum absolute atomic E-state index is 0. The molecule has 3 rings (SSSR count). The van der Waals surface area contributed by atoms with E-state index < -0.39 is 4.92 Å². The van der Waals surface area contributed by atoms with E-state index in [2.05, 4.69) is 15.4 Å². The van der Waals surface area contributed by atoms with Crippen molar-refractivity contribution >= 4 is 16.7 Å². The molecule has 1 heterocycles. The molecule has 0 spiro atoms. The van der Waals surface area contributed by atoms with E-state index in [-0.39, 0.29) is 28.1 Å². The molecule has 3 aromatic rings. The van der Waals surface area contributed by atoms with Crippen molar-refractivity contribution in [3.05, 3.63) is 52.6 Å². The number of H-pyrrole nitrogens is 1. The number of benzene rings is 2. The Bertz CT molecular complexity index is 727. The zero-order valence-electron chi connectivity index (χ0n) is 9.50. The quantitative estimate of drug-likeness (QED) is 0.438. The Morgan fingerprint density at radius 2 is 1.84 bits per heavy atom. The molecule has 1 N–H and O–H groups in total. The van der Waals surface area contributed by atoms with E-state index in [1.54, 1.807) is 0 Å². The number of rotatable bonds is 2. The van der Waals surface area contributed by atoms with Crippen molar-refractivity contribution in [1.82, 2.24) is 15.4 Å². The molecular weight excluding hydrogens is 340 g/mol. The third-order valence-electron chi connectivity index (χ3n) is 2.70. The standard InChI is InChI=1S/C12H8N4O2.Ag/c17-16(18)9-6-10(8-4-2-1-3-5-8)12-11(7-9)13-15-14-12;/h1-7H,(H,13,14,15);. The Morgan fingerprint density at radius 1 is 1.11 bits per heavy atom. The summed E-state index contributed by atoms with van der Waals surface area (Å²) < 4.78 is 0. The number of nitrogens with zero attached hydrogens (tertiary/aromatic N) is 3. The smallest absolute Gasteiger partial charge is 0.258 e. The number of nitrogens with one attached hydrogen (secondary N) is 1. The molecule has 99 valence electrons. The monoisotopic (exact) mass is 347 g/mol. The second kappa shape index (κ2) is 5.31. The molecule has 0 aliphatic heterocycles. The van der Waals surface area contributed by atoms with E-state index in [9.17, 15) is 10.1 Å². The topological polar surface area (TPSA) is 84.7 Å². The summed E-state index contributed by atoms with van der Waals surface area (Å²) in [5.41, 5.74) is 2.71. The van der Waals surface area contributed by atoms with Crippen molar-refractivity contribution < 1.29 is 27.3 Å². The average Bonchev–Trinajstić information content (AvgIpc) is 2.86. The molecule has 0 saturated carbocycles. The van der Waals surface area contributed by atoms with E-state index in [4.69, 9.17) is 0 Å². The van der Waals surface area contributed by atoms with Gasteiger partial charge in [-0.15, -0.1) is 0 Å². The number of nitro groups is 1. The van der Waals surface area contributed by atoms with Crippen molar-refractivity contribution in [2.75, 3.05) is 0 Å². The summed E-state index contributed by atoms with van der Waals surface area (Å²) in [5.74, 6) is 0. The molecule has 0 aliphatic rings. The summed E-state index contributed by atoms with van der Waals surface area (Å²) in [6.07, 6.45) is 0. The van der Waals surface area contributed by atoms with Crippen molar-refractivity contribution in [3.8, 4) is 11.1 Å². The Morgan fingerprint density at radius 3 is 2.53 bits per heavy atom. The summed E-state index contributed by atoms with van der Waals surface area (Å²) >= 11 is 0. The molecule has 0 aliphatic carbocycles. The van der Waals surface area contributed by atoms with Crippen molar-refractivity contribution in [2.24, 2.45) is 0 Å². The first-order valence-electron chi connectivity index (χ1n) is 5.30. The Hall–Kier alpha value is -2.02. The maximum absolute atomic E-state index is 10.9. The van der Waals surface area contributed by atoms with Gasteiger partial charge in [-0.2, -0.15) is 15.4 Å². The van der Waals surface area contributed by atoms with Crippen LogP contribution in [0.5, 0.6) is 0 Å². The minimum atomic E-state index is -0.430. The van der Waals surface area contributed by atoms with Gasteiger partial charge < -0.3 is 0 Å².